The number of amides is 1. The summed E-state index contributed by atoms with van der Waals surface area (Å²) in [6, 6.07) is 25.4. The van der Waals surface area contributed by atoms with Crippen LogP contribution in [0.1, 0.15) is 18.5 Å². The molecule has 28 heavy (non-hydrogen) atoms. The number of carbonyl (C=O) groups excluding carboxylic acids is 1. The Labute approximate surface area is 168 Å². The van der Waals surface area contributed by atoms with E-state index in [1.165, 1.54) is 0 Å². The first-order chi connectivity index (χ1) is 13.6. The zero-order valence-corrected chi connectivity index (χ0v) is 16.2. The molecule has 4 aromatic rings. The zero-order chi connectivity index (χ0) is 19.5. The molecule has 0 spiro atoms. The largest absolute Gasteiger partial charge is 0.348 e. The lowest BCUT2D eigenvalue weighted by Crippen LogP contribution is -2.30. The van der Waals surface area contributed by atoms with E-state index in [1.807, 2.05) is 85.8 Å². The Kier molecular flexibility index (Phi) is 5.13. The van der Waals surface area contributed by atoms with Crippen LogP contribution in [0.15, 0.2) is 78.9 Å². The van der Waals surface area contributed by atoms with Gasteiger partial charge in [0.1, 0.15) is 12.2 Å². The molecule has 0 saturated carbocycles. The van der Waals surface area contributed by atoms with Crippen LogP contribution in [0.5, 0.6) is 0 Å². The van der Waals surface area contributed by atoms with Crippen LogP contribution in [0.25, 0.3) is 22.2 Å². The first kappa shape index (κ1) is 18.3. The number of nitrogens with one attached hydrogen (secondary N) is 1. The third kappa shape index (κ3) is 3.78. The summed E-state index contributed by atoms with van der Waals surface area (Å²) in [6.45, 7) is 2.12. The lowest BCUT2D eigenvalue weighted by molar-refractivity contribution is -0.122. The van der Waals surface area contributed by atoms with Crippen molar-refractivity contribution in [2.24, 2.45) is 0 Å². The van der Waals surface area contributed by atoms with Gasteiger partial charge in [-0.05, 0) is 30.7 Å². The molecule has 4 nitrogen and oxygen atoms in total. The van der Waals surface area contributed by atoms with Gasteiger partial charge in [0.15, 0.2) is 0 Å². The smallest absolute Gasteiger partial charge is 0.242 e. The predicted molar refractivity (Wildman–Crippen MR) is 113 cm³/mol. The highest BCUT2D eigenvalue weighted by Crippen LogP contribution is 2.30. The summed E-state index contributed by atoms with van der Waals surface area (Å²) in [4.78, 5) is 12.7. The van der Waals surface area contributed by atoms with Gasteiger partial charge in [-0.15, -0.1) is 0 Å². The van der Waals surface area contributed by atoms with E-state index in [2.05, 4.69) is 5.32 Å². The molecule has 0 radical (unpaired) electrons. The van der Waals surface area contributed by atoms with Crippen LogP contribution < -0.4 is 5.32 Å². The molecule has 4 rings (SSSR count). The fourth-order valence-corrected chi connectivity index (χ4v) is 3.50. The zero-order valence-electron chi connectivity index (χ0n) is 15.5. The highest BCUT2D eigenvalue weighted by Gasteiger charge is 2.16. The predicted octanol–water partition coefficient (Wildman–Crippen LogP) is 5.23. The van der Waals surface area contributed by atoms with Gasteiger partial charge in [0, 0.05) is 16.0 Å². The van der Waals surface area contributed by atoms with E-state index < -0.39 is 0 Å². The number of hydrogen-bond donors (Lipinski definition) is 1. The van der Waals surface area contributed by atoms with Gasteiger partial charge >= 0.3 is 0 Å². The van der Waals surface area contributed by atoms with Crippen LogP contribution >= 0.6 is 11.6 Å². The fourth-order valence-electron chi connectivity index (χ4n) is 3.33. The average Bonchev–Trinajstić information content (AvgIpc) is 3.06. The van der Waals surface area contributed by atoms with Gasteiger partial charge in [0.2, 0.25) is 5.91 Å². The molecule has 0 aliphatic carbocycles. The fraction of sp³-hybridized carbons (Fsp3) is 0.130. The Morgan fingerprint density at radius 2 is 1.71 bits per heavy atom. The normalized spacial score (nSPS) is 12.1. The summed E-state index contributed by atoms with van der Waals surface area (Å²) >= 11 is 6.21. The second-order valence-corrected chi connectivity index (χ2v) is 7.17. The Hall–Kier alpha value is -3.11. The topological polar surface area (TPSA) is 46.9 Å². The van der Waals surface area contributed by atoms with Gasteiger partial charge in [0.05, 0.1) is 11.6 Å². The molecule has 0 unspecified atom stereocenters. The molecule has 0 fully saturated rings. The van der Waals surface area contributed by atoms with Crippen LogP contribution in [-0.2, 0) is 11.3 Å². The summed E-state index contributed by atoms with van der Waals surface area (Å²) in [5.41, 5.74) is 3.76. The van der Waals surface area contributed by atoms with Crippen molar-refractivity contribution >= 4 is 28.4 Å². The van der Waals surface area contributed by atoms with Crippen molar-refractivity contribution in [3.05, 3.63) is 89.4 Å². The number of carbonyl (C=O) groups is 1. The van der Waals surface area contributed by atoms with Crippen molar-refractivity contribution in [3.63, 3.8) is 0 Å². The number of aromatic nitrogens is 2. The van der Waals surface area contributed by atoms with E-state index in [4.69, 9.17) is 16.7 Å². The monoisotopic (exact) mass is 389 g/mol. The van der Waals surface area contributed by atoms with Gasteiger partial charge in [-0.25, -0.2) is 0 Å². The molecule has 140 valence electrons. The number of benzene rings is 3. The molecule has 0 bridgehead atoms. The van der Waals surface area contributed by atoms with Crippen molar-refractivity contribution in [3.8, 4) is 11.3 Å². The maximum absolute atomic E-state index is 12.7. The van der Waals surface area contributed by atoms with E-state index in [0.717, 1.165) is 27.7 Å². The van der Waals surface area contributed by atoms with Crippen molar-refractivity contribution in [1.29, 1.82) is 0 Å². The van der Waals surface area contributed by atoms with Gasteiger partial charge in [-0.3, -0.25) is 9.48 Å². The second-order valence-electron chi connectivity index (χ2n) is 6.73. The number of fused-ring (bicyclic) bond motifs is 1. The Balaban J connectivity index is 1.63. The van der Waals surface area contributed by atoms with E-state index in [0.29, 0.717) is 5.02 Å². The number of halogens is 1. The van der Waals surface area contributed by atoms with E-state index >= 15 is 0 Å². The van der Waals surface area contributed by atoms with Crippen molar-refractivity contribution in [2.75, 3.05) is 0 Å². The minimum atomic E-state index is -0.0877. The maximum Gasteiger partial charge on any atom is 0.242 e. The minimum Gasteiger partial charge on any atom is -0.348 e. The lowest BCUT2D eigenvalue weighted by Gasteiger charge is -2.14. The van der Waals surface area contributed by atoms with Crippen molar-refractivity contribution in [1.82, 2.24) is 15.1 Å². The summed E-state index contributed by atoms with van der Waals surface area (Å²) in [5.74, 6) is -0.0877. The number of rotatable bonds is 5. The number of nitrogens with zero attached hydrogens (tertiary/aromatic N) is 2. The summed E-state index contributed by atoms with van der Waals surface area (Å²) < 4.78 is 1.74. The van der Waals surface area contributed by atoms with Gasteiger partial charge in [-0.1, -0.05) is 72.3 Å². The SMILES string of the molecule is C[C@@H](NC(=O)Cn1nc(-c2ccccc2)c2cc(Cl)ccc21)c1ccccc1. The summed E-state index contributed by atoms with van der Waals surface area (Å²) in [5, 5.41) is 9.34. The van der Waals surface area contributed by atoms with Crippen LogP contribution in [0.4, 0.5) is 0 Å². The molecule has 1 amide bonds. The van der Waals surface area contributed by atoms with Gasteiger partial charge in [-0.2, -0.15) is 5.10 Å². The molecule has 5 heteroatoms. The van der Waals surface area contributed by atoms with E-state index in [9.17, 15) is 4.79 Å². The summed E-state index contributed by atoms with van der Waals surface area (Å²) in [7, 11) is 0. The highest BCUT2D eigenvalue weighted by atomic mass is 35.5. The molecule has 1 N–H and O–H groups in total. The molecule has 3 aromatic carbocycles. The molecule has 0 aliphatic heterocycles. The lowest BCUT2D eigenvalue weighted by atomic mass is 10.1. The summed E-state index contributed by atoms with van der Waals surface area (Å²) in [6.07, 6.45) is 0. The third-order valence-corrected chi connectivity index (χ3v) is 4.97. The molecule has 1 heterocycles. The molecule has 1 aromatic heterocycles. The third-order valence-electron chi connectivity index (χ3n) is 4.73. The first-order valence-corrected chi connectivity index (χ1v) is 9.55. The van der Waals surface area contributed by atoms with E-state index in [-0.39, 0.29) is 18.5 Å². The van der Waals surface area contributed by atoms with Crippen LogP contribution in [0, 0.1) is 0 Å². The van der Waals surface area contributed by atoms with Crippen molar-refractivity contribution < 1.29 is 4.79 Å². The molecular weight excluding hydrogens is 370 g/mol. The molecule has 0 aliphatic rings. The highest BCUT2D eigenvalue weighted by molar-refractivity contribution is 6.31. The molecule has 0 saturated heterocycles. The Morgan fingerprint density at radius 3 is 2.43 bits per heavy atom. The number of hydrogen-bond acceptors (Lipinski definition) is 2. The minimum absolute atomic E-state index is 0.0708. The molecule has 1 atom stereocenters. The standard InChI is InChI=1S/C23H20ClN3O/c1-16(17-8-4-2-5-9-17)25-22(28)15-27-21-13-12-19(24)14-20(21)23(26-27)18-10-6-3-7-11-18/h2-14,16H,15H2,1H3,(H,25,28)/t16-/m1/s1. The van der Waals surface area contributed by atoms with Crippen molar-refractivity contribution in [2.45, 2.75) is 19.5 Å². The van der Waals surface area contributed by atoms with Crippen LogP contribution in [0.3, 0.4) is 0 Å². The Morgan fingerprint density at radius 1 is 1.04 bits per heavy atom. The van der Waals surface area contributed by atoms with Gasteiger partial charge < -0.3 is 5.32 Å². The maximum atomic E-state index is 12.7. The average molecular weight is 390 g/mol. The van der Waals surface area contributed by atoms with Crippen LogP contribution in [-0.4, -0.2) is 15.7 Å². The van der Waals surface area contributed by atoms with Gasteiger partial charge in [0.25, 0.3) is 0 Å². The molecular formula is C23H20ClN3O. The van der Waals surface area contributed by atoms with Crippen LogP contribution in [0.2, 0.25) is 5.02 Å². The Bertz CT molecular complexity index is 1110. The first-order valence-electron chi connectivity index (χ1n) is 9.17. The second kappa shape index (κ2) is 7.87. The van der Waals surface area contributed by atoms with E-state index in [1.54, 1.807) is 4.68 Å². The quantitative estimate of drug-likeness (QED) is 0.507.